The van der Waals surface area contributed by atoms with Crippen molar-refractivity contribution in [3.63, 3.8) is 0 Å². The fourth-order valence-electron chi connectivity index (χ4n) is 8.54. The standard InChI is InChI=1S/C49H83N15O12/c1-26(2)24-36-46(73)58-31(10-17-50)41(68)57-34(13-20-53)45(72)64-38(27(3)65)48(75)55-23-16-35(44(71)56-32(11-18-51)43(70)62-37(47(74)61-36)25-29-8-6-5-7-9-29)59-42(69)33(12-19-52)60-49(76)39(28(4)66)63-40(67)30-14-21-54-22-15-30/h5-9,26-28,30-39,54,65-66H,10-25,50-53H2,1-4H3,(H,55,75)(H,56,71)(H,57,68)(H,58,73)(H,59,69)(H,60,76)(H,61,74)(H,62,70)(H,63,67)(H,64,72)/t27?,28?,31-,32-,33-,34-,35-,36-,37+,38?,39-/m0/s1. The molecule has 21 N–H and O–H groups in total. The molecule has 11 atom stereocenters. The number of nitrogens with two attached hydrogens (primary N) is 4. The lowest BCUT2D eigenvalue weighted by atomic mass is 9.96. The molecule has 3 unspecified atom stereocenters. The first-order valence-corrected chi connectivity index (χ1v) is 26.1. The van der Waals surface area contributed by atoms with Gasteiger partial charge in [0.05, 0.1) is 12.2 Å². The summed E-state index contributed by atoms with van der Waals surface area (Å²) in [5.74, 6) is -9.20. The maximum Gasteiger partial charge on any atom is 0.245 e. The number of amides is 10. The SMILES string of the molecule is CC(C)C[C@@H]1NC(=O)[C@@H](Cc2ccccc2)NC(=O)[C@H](CCN)NC(=O)[C@@H](NC(=O)[C@H](CCN)NC(=O)[C@@H](NC(=O)C2CCNCC2)C(C)O)CCNC(=O)C(C(C)O)NC(=O)[C@H](CCN)NC(=O)[C@H](CCN)NC1=O. The average Bonchev–Trinajstić information content (AvgIpc) is 3.37. The van der Waals surface area contributed by atoms with Gasteiger partial charge in [-0.1, -0.05) is 44.2 Å². The third-order valence-electron chi connectivity index (χ3n) is 12.8. The van der Waals surface area contributed by atoms with Gasteiger partial charge in [0.2, 0.25) is 59.1 Å². The summed E-state index contributed by atoms with van der Waals surface area (Å²) in [5.41, 5.74) is 24.1. The minimum Gasteiger partial charge on any atom is -0.391 e. The summed E-state index contributed by atoms with van der Waals surface area (Å²) in [6.07, 6.45) is -3.07. The Balaban J connectivity index is 2.10. The van der Waals surface area contributed by atoms with E-state index in [0.29, 0.717) is 31.5 Å². The number of aliphatic hydroxyl groups is 2. The lowest BCUT2D eigenvalue weighted by Crippen LogP contribution is -2.61. The number of carbonyl (C=O) groups is 10. The molecule has 27 nitrogen and oxygen atoms in total. The molecule has 0 radical (unpaired) electrons. The summed E-state index contributed by atoms with van der Waals surface area (Å²) < 4.78 is 0. The largest absolute Gasteiger partial charge is 0.391 e. The molecule has 27 heteroatoms. The second-order valence-corrected chi connectivity index (χ2v) is 19.6. The van der Waals surface area contributed by atoms with E-state index in [4.69, 9.17) is 22.9 Å². The van der Waals surface area contributed by atoms with Crippen molar-refractivity contribution in [2.24, 2.45) is 34.8 Å². The molecule has 76 heavy (non-hydrogen) atoms. The minimum atomic E-state index is -1.66. The van der Waals surface area contributed by atoms with Crippen LogP contribution in [0.15, 0.2) is 30.3 Å². The Morgan fingerprint density at radius 2 is 1.09 bits per heavy atom. The summed E-state index contributed by atoms with van der Waals surface area (Å²) in [5, 5.41) is 50.1. The van der Waals surface area contributed by atoms with Gasteiger partial charge in [-0.2, -0.15) is 0 Å². The lowest BCUT2D eigenvalue weighted by molar-refractivity contribution is -0.137. The number of nitrogens with one attached hydrogen (secondary N) is 11. The van der Waals surface area contributed by atoms with Gasteiger partial charge >= 0.3 is 0 Å². The van der Waals surface area contributed by atoms with Crippen molar-refractivity contribution in [2.45, 2.75) is 152 Å². The summed E-state index contributed by atoms with van der Waals surface area (Å²) in [6, 6.07) is -4.47. The van der Waals surface area contributed by atoms with Gasteiger partial charge in [0, 0.05) is 18.9 Å². The van der Waals surface area contributed by atoms with Crippen molar-refractivity contribution in [1.82, 2.24) is 58.5 Å². The van der Waals surface area contributed by atoms with Crippen LogP contribution in [-0.2, 0) is 54.4 Å². The van der Waals surface area contributed by atoms with Crippen LogP contribution in [0, 0.1) is 11.8 Å². The molecule has 0 aromatic heterocycles. The normalized spacial score (nSPS) is 24.9. The van der Waals surface area contributed by atoms with E-state index >= 15 is 0 Å². The quantitative estimate of drug-likeness (QED) is 0.0577. The first-order valence-electron chi connectivity index (χ1n) is 26.1. The second-order valence-electron chi connectivity index (χ2n) is 19.6. The number of hydrogen-bond acceptors (Lipinski definition) is 17. The fraction of sp³-hybridized carbons (Fsp3) is 0.673. The van der Waals surface area contributed by atoms with Crippen LogP contribution in [0.5, 0.6) is 0 Å². The zero-order valence-corrected chi connectivity index (χ0v) is 44.0. The minimum absolute atomic E-state index is 0.0620. The van der Waals surface area contributed by atoms with Gasteiger partial charge in [-0.05, 0) is 116 Å². The molecule has 3 rings (SSSR count). The maximum atomic E-state index is 14.4. The summed E-state index contributed by atoms with van der Waals surface area (Å²) in [7, 11) is 0. The highest BCUT2D eigenvalue weighted by Crippen LogP contribution is 2.14. The van der Waals surface area contributed by atoms with Crippen molar-refractivity contribution < 1.29 is 58.2 Å². The van der Waals surface area contributed by atoms with Gasteiger partial charge in [0.25, 0.3) is 0 Å². The second kappa shape index (κ2) is 32.9. The van der Waals surface area contributed by atoms with Crippen molar-refractivity contribution in [3.8, 4) is 0 Å². The number of hydrogen-bond donors (Lipinski definition) is 17. The maximum absolute atomic E-state index is 14.4. The predicted molar refractivity (Wildman–Crippen MR) is 278 cm³/mol. The van der Waals surface area contributed by atoms with Gasteiger partial charge in [-0.15, -0.1) is 0 Å². The lowest BCUT2D eigenvalue weighted by Gasteiger charge is -2.29. The number of aliphatic hydroxyl groups excluding tert-OH is 2. The molecule has 426 valence electrons. The third-order valence-corrected chi connectivity index (χ3v) is 12.8. The van der Waals surface area contributed by atoms with E-state index in [9.17, 15) is 58.2 Å². The molecule has 2 heterocycles. The van der Waals surface area contributed by atoms with Crippen molar-refractivity contribution >= 4 is 59.1 Å². The van der Waals surface area contributed by atoms with Crippen LogP contribution in [0.1, 0.15) is 84.6 Å². The Morgan fingerprint density at radius 3 is 1.61 bits per heavy atom. The summed E-state index contributed by atoms with van der Waals surface area (Å²) in [6.45, 7) is 6.26. The van der Waals surface area contributed by atoms with E-state index in [2.05, 4.69) is 58.5 Å². The van der Waals surface area contributed by atoms with Crippen molar-refractivity contribution in [1.29, 1.82) is 0 Å². The van der Waals surface area contributed by atoms with Crippen LogP contribution in [0.3, 0.4) is 0 Å². The van der Waals surface area contributed by atoms with Crippen LogP contribution in [0.2, 0.25) is 0 Å². The monoisotopic (exact) mass is 1070 g/mol. The van der Waals surface area contributed by atoms with Crippen LogP contribution in [0.4, 0.5) is 0 Å². The summed E-state index contributed by atoms with van der Waals surface area (Å²) in [4.78, 5) is 139. The zero-order valence-electron chi connectivity index (χ0n) is 44.0. The smallest absolute Gasteiger partial charge is 0.245 e. The first-order chi connectivity index (χ1) is 36.1. The van der Waals surface area contributed by atoms with Gasteiger partial charge in [0.1, 0.15) is 54.4 Å². The molecule has 2 aliphatic heterocycles. The number of rotatable bonds is 20. The average molecular weight is 1070 g/mol. The van der Waals surface area contributed by atoms with Crippen molar-refractivity contribution in [3.05, 3.63) is 35.9 Å². The zero-order chi connectivity index (χ0) is 56.5. The van der Waals surface area contributed by atoms with Crippen molar-refractivity contribution in [2.75, 3.05) is 45.8 Å². The molecule has 0 bridgehead atoms. The van der Waals surface area contributed by atoms with E-state index in [1.54, 1.807) is 44.2 Å². The van der Waals surface area contributed by atoms with Gasteiger partial charge in [-0.25, -0.2) is 0 Å². The van der Waals surface area contributed by atoms with Crippen LogP contribution in [0.25, 0.3) is 0 Å². The molecule has 2 fully saturated rings. The van der Waals surface area contributed by atoms with E-state index in [0.717, 1.165) is 0 Å². The molecule has 2 aliphatic rings. The Morgan fingerprint density at radius 1 is 0.592 bits per heavy atom. The number of benzene rings is 1. The van der Waals surface area contributed by atoms with Crippen LogP contribution >= 0.6 is 0 Å². The molecule has 2 saturated heterocycles. The molecule has 0 aliphatic carbocycles. The first kappa shape index (κ1) is 63.9. The molecular formula is C49H83N15O12. The molecular weight excluding hydrogens is 991 g/mol. The van der Waals surface area contributed by atoms with Crippen LogP contribution in [-0.4, -0.2) is 182 Å². The molecule has 10 amide bonds. The van der Waals surface area contributed by atoms with Gasteiger partial charge < -0.3 is 91.6 Å². The van der Waals surface area contributed by atoms with Gasteiger partial charge in [-0.3, -0.25) is 47.9 Å². The van der Waals surface area contributed by atoms with E-state index in [1.807, 2.05) is 0 Å². The highest BCUT2D eigenvalue weighted by Gasteiger charge is 2.37. The Hall–Kier alpha value is -6.36. The molecule has 1 aromatic rings. The fourth-order valence-corrected chi connectivity index (χ4v) is 8.54. The Kier molecular flexibility index (Phi) is 27.7. The Bertz CT molecular complexity index is 2100. The topological polar surface area (TPSA) is 448 Å². The third kappa shape index (κ3) is 21.0. The van der Waals surface area contributed by atoms with E-state index < -0.39 is 145 Å². The molecule has 0 spiro atoms. The van der Waals surface area contributed by atoms with E-state index in [1.165, 1.54) is 13.8 Å². The Labute approximate surface area is 443 Å². The molecule has 1 aromatic carbocycles. The highest BCUT2D eigenvalue weighted by atomic mass is 16.3. The number of piperidine rings is 1. The van der Waals surface area contributed by atoms with Crippen LogP contribution < -0.4 is 81.4 Å². The number of carbonyl (C=O) groups excluding carboxylic acids is 10. The predicted octanol–water partition coefficient (Wildman–Crippen LogP) is -6.69. The highest BCUT2D eigenvalue weighted by molar-refractivity contribution is 5.99. The summed E-state index contributed by atoms with van der Waals surface area (Å²) >= 11 is 0. The van der Waals surface area contributed by atoms with Gasteiger partial charge in [0.15, 0.2) is 0 Å². The molecule has 0 saturated carbocycles. The van der Waals surface area contributed by atoms with E-state index in [-0.39, 0.29) is 70.6 Å².